The van der Waals surface area contributed by atoms with Crippen molar-refractivity contribution < 1.29 is 0 Å². The molecule has 1 heterocycles. The summed E-state index contributed by atoms with van der Waals surface area (Å²) in [6.07, 6.45) is 7.37. The van der Waals surface area contributed by atoms with E-state index in [9.17, 15) is 0 Å². The molecule has 0 amide bonds. The number of nitrogens with zero attached hydrogens (tertiary/aromatic N) is 3. The van der Waals surface area contributed by atoms with Crippen molar-refractivity contribution in [3.8, 4) is 0 Å². The zero-order valence-electron chi connectivity index (χ0n) is 12.8. The highest BCUT2D eigenvalue weighted by Gasteiger charge is 2.50. The Kier molecular flexibility index (Phi) is 3.09. The van der Waals surface area contributed by atoms with E-state index in [1.54, 1.807) is 0 Å². The van der Waals surface area contributed by atoms with Crippen molar-refractivity contribution in [3.05, 3.63) is 47.5 Å². The highest BCUT2D eigenvalue weighted by Crippen LogP contribution is 2.53. The molecule has 2 saturated carbocycles. The molecule has 0 atom stereocenters. The molecule has 2 aliphatic carbocycles. The molecule has 0 unspecified atom stereocenters. The van der Waals surface area contributed by atoms with Gasteiger partial charge in [0.2, 0.25) is 0 Å². The topological polar surface area (TPSA) is 30.7 Å². The van der Waals surface area contributed by atoms with Crippen LogP contribution in [0.2, 0.25) is 0 Å². The largest absolute Gasteiger partial charge is 0.249 e. The SMILES string of the molecule is CCCCn1nc(C2CC2)nc1C1(c2ccccc2)CC1. The quantitative estimate of drug-likeness (QED) is 0.800. The summed E-state index contributed by atoms with van der Waals surface area (Å²) in [5, 5.41) is 4.85. The zero-order chi connectivity index (χ0) is 14.3. The maximum absolute atomic E-state index is 4.99. The van der Waals surface area contributed by atoms with Crippen LogP contribution >= 0.6 is 0 Å². The van der Waals surface area contributed by atoms with Crippen LogP contribution in [0, 0.1) is 0 Å². The summed E-state index contributed by atoms with van der Waals surface area (Å²) in [6, 6.07) is 10.9. The van der Waals surface area contributed by atoms with E-state index in [2.05, 4.69) is 41.9 Å². The van der Waals surface area contributed by atoms with E-state index < -0.39 is 0 Å². The first kappa shape index (κ1) is 13.1. The van der Waals surface area contributed by atoms with Crippen molar-refractivity contribution in [2.45, 2.75) is 63.3 Å². The smallest absolute Gasteiger partial charge is 0.154 e. The lowest BCUT2D eigenvalue weighted by molar-refractivity contribution is 0.522. The first-order valence-corrected chi connectivity index (χ1v) is 8.34. The molecule has 3 heteroatoms. The molecule has 0 bridgehead atoms. The number of aromatic nitrogens is 3. The van der Waals surface area contributed by atoms with Gasteiger partial charge in [0.25, 0.3) is 0 Å². The van der Waals surface area contributed by atoms with Gasteiger partial charge in [0, 0.05) is 12.5 Å². The number of hydrogen-bond acceptors (Lipinski definition) is 2. The Morgan fingerprint density at radius 3 is 2.57 bits per heavy atom. The van der Waals surface area contributed by atoms with Crippen molar-refractivity contribution in [1.82, 2.24) is 14.8 Å². The summed E-state index contributed by atoms with van der Waals surface area (Å²) in [7, 11) is 0. The monoisotopic (exact) mass is 281 g/mol. The Morgan fingerprint density at radius 1 is 1.19 bits per heavy atom. The van der Waals surface area contributed by atoms with Gasteiger partial charge < -0.3 is 0 Å². The highest BCUT2D eigenvalue weighted by molar-refractivity contribution is 5.39. The molecule has 2 fully saturated rings. The fraction of sp³-hybridized carbons (Fsp3) is 0.556. The number of hydrogen-bond donors (Lipinski definition) is 0. The zero-order valence-corrected chi connectivity index (χ0v) is 12.8. The van der Waals surface area contributed by atoms with Crippen LogP contribution in [0.5, 0.6) is 0 Å². The predicted octanol–water partition coefficient (Wildman–Crippen LogP) is 4.04. The van der Waals surface area contributed by atoms with Crippen LogP contribution in [0.1, 0.15) is 68.6 Å². The summed E-state index contributed by atoms with van der Waals surface area (Å²) in [5.74, 6) is 2.96. The van der Waals surface area contributed by atoms with Crippen molar-refractivity contribution in [2.75, 3.05) is 0 Å². The molecule has 0 N–H and O–H groups in total. The molecule has 1 aromatic carbocycles. The predicted molar refractivity (Wildman–Crippen MR) is 83.4 cm³/mol. The molecule has 0 radical (unpaired) electrons. The van der Waals surface area contributed by atoms with Gasteiger partial charge in [0.05, 0.1) is 5.41 Å². The number of rotatable bonds is 6. The molecular weight excluding hydrogens is 258 g/mol. The second kappa shape index (κ2) is 4.97. The van der Waals surface area contributed by atoms with Crippen molar-refractivity contribution in [1.29, 1.82) is 0 Å². The van der Waals surface area contributed by atoms with E-state index in [1.165, 1.54) is 49.9 Å². The van der Waals surface area contributed by atoms with E-state index in [1.807, 2.05) is 0 Å². The minimum atomic E-state index is 0.148. The van der Waals surface area contributed by atoms with E-state index in [4.69, 9.17) is 10.1 Å². The Bertz CT molecular complexity index is 621. The van der Waals surface area contributed by atoms with Crippen LogP contribution in [0.25, 0.3) is 0 Å². The van der Waals surface area contributed by atoms with Crippen LogP contribution in [-0.2, 0) is 12.0 Å². The lowest BCUT2D eigenvalue weighted by Crippen LogP contribution is -2.17. The van der Waals surface area contributed by atoms with Gasteiger partial charge in [0.1, 0.15) is 5.82 Å². The summed E-state index contributed by atoms with van der Waals surface area (Å²) in [5.41, 5.74) is 1.56. The highest BCUT2D eigenvalue weighted by atomic mass is 15.4. The van der Waals surface area contributed by atoms with Crippen LogP contribution < -0.4 is 0 Å². The summed E-state index contributed by atoms with van der Waals surface area (Å²) in [6.45, 7) is 3.25. The summed E-state index contributed by atoms with van der Waals surface area (Å²) < 4.78 is 2.22. The molecule has 21 heavy (non-hydrogen) atoms. The first-order chi connectivity index (χ1) is 10.3. The van der Waals surface area contributed by atoms with Crippen LogP contribution in [0.15, 0.2) is 30.3 Å². The van der Waals surface area contributed by atoms with Crippen molar-refractivity contribution in [2.24, 2.45) is 0 Å². The molecular formula is C18H23N3. The van der Waals surface area contributed by atoms with Gasteiger partial charge in [-0.15, -0.1) is 0 Å². The molecule has 110 valence electrons. The third-order valence-corrected chi connectivity index (χ3v) is 4.86. The Morgan fingerprint density at radius 2 is 1.95 bits per heavy atom. The Labute approximate surface area is 126 Å². The first-order valence-electron chi connectivity index (χ1n) is 8.34. The van der Waals surface area contributed by atoms with E-state index in [-0.39, 0.29) is 5.41 Å². The second-order valence-corrected chi connectivity index (χ2v) is 6.59. The van der Waals surface area contributed by atoms with E-state index >= 15 is 0 Å². The Hall–Kier alpha value is -1.64. The van der Waals surface area contributed by atoms with Gasteiger partial charge in [-0.3, -0.25) is 0 Å². The van der Waals surface area contributed by atoms with Gasteiger partial charge in [0.15, 0.2) is 5.82 Å². The van der Waals surface area contributed by atoms with Crippen molar-refractivity contribution >= 4 is 0 Å². The standard InChI is InChI=1S/C18H23N3/c1-2-3-13-21-17(19-16(20-21)14-9-10-14)18(11-12-18)15-7-5-4-6-8-15/h4-8,14H,2-3,9-13H2,1H3. The second-order valence-electron chi connectivity index (χ2n) is 6.59. The third-order valence-electron chi connectivity index (χ3n) is 4.86. The van der Waals surface area contributed by atoms with Gasteiger partial charge in [-0.05, 0) is 37.7 Å². The summed E-state index contributed by atoms with van der Waals surface area (Å²) in [4.78, 5) is 4.99. The van der Waals surface area contributed by atoms with Gasteiger partial charge in [-0.25, -0.2) is 9.67 Å². The Balaban J connectivity index is 1.73. The summed E-state index contributed by atoms with van der Waals surface area (Å²) >= 11 is 0. The van der Waals surface area contributed by atoms with E-state index in [0.29, 0.717) is 5.92 Å². The minimum Gasteiger partial charge on any atom is -0.249 e. The average molecular weight is 281 g/mol. The van der Waals surface area contributed by atoms with Gasteiger partial charge in [-0.2, -0.15) is 5.10 Å². The molecule has 0 aliphatic heterocycles. The maximum atomic E-state index is 4.99. The molecule has 2 aromatic rings. The molecule has 0 spiro atoms. The molecule has 4 rings (SSSR count). The minimum absolute atomic E-state index is 0.148. The molecule has 1 aromatic heterocycles. The number of benzene rings is 1. The lowest BCUT2D eigenvalue weighted by Gasteiger charge is -2.16. The van der Waals surface area contributed by atoms with Crippen LogP contribution in [-0.4, -0.2) is 14.8 Å². The number of aryl methyl sites for hydroxylation is 1. The average Bonchev–Trinajstić information content (AvgIpc) is 3.45. The third kappa shape index (κ3) is 2.29. The molecule has 3 nitrogen and oxygen atoms in total. The maximum Gasteiger partial charge on any atom is 0.154 e. The lowest BCUT2D eigenvalue weighted by atomic mass is 9.95. The van der Waals surface area contributed by atoms with Crippen LogP contribution in [0.4, 0.5) is 0 Å². The fourth-order valence-electron chi connectivity index (χ4n) is 3.22. The van der Waals surface area contributed by atoms with Gasteiger partial charge in [-0.1, -0.05) is 43.7 Å². The van der Waals surface area contributed by atoms with Crippen molar-refractivity contribution in [3.63, 3.8) is 0 Å². The number of unbranched alkanes of at least 4 members (excludes halogenated alkanes) is 1. The van der Waals surface area contributed by atoms with Gasteiger partial charge >= 0.3 is 0 Å². The fourth-order valence-corrected chi connectivity index (χ4v) is 3.22. The normalized spacial score (nSPS) is 19.7. The molecule has 2 aliphatic rings. The molecule has 0 saturated heterocycles. The van der Waals surface area contributed by atoms with Crippen LogP contribution in [0.3, 0.4) is 0 Å². The van der Waals surface area contributed by atoms with E-state index in [0.717, 1.165) is 12.4 Å².